The van der Waals surface area contributed by atoms with Crippen molar-refractivity contribution in [3.63, 3.8) is 0 Å². The molecule has 5 nitrogen and oxygen atoms in total. The highest BCUT2D eigenvalue weighted by atomic mass is 16.5. The van der Waals surface area contributed by atoms with Gasteiger partial charge < -0.3 is 10.1 Å². The molecular formula is C24H19NO4. The number of benzene rings is 3. The largest absolute Gasteiger partial charge is 0.483 e. The summed E-state index contributed by atoms with van der Waals surface area (Å²) in [6.07, 6.45) is 0. The van der Waals surface area contributed by atoms with Crippen LogP contribution in [0.25, 0.3) is 0 Å². The number of anilines is 1. The van der Waals surface area contributed by atoms with Crippen LogP contribution in [-0.4, -0.2) is 24.1 Å². The van der Waals surface area contributed by atoms with Gasteiger partial charge in [-0.05, 0) is 31.0 Å². The lowest BCUT2D eigenvalue weighted by Gasteiger charge is -2.20. The predicted molar refractivity (Wildman–Crippen MR) is 110 cm³/mol. The molecule has 0 unspecified atom stereocenters. The highest BCUT2D eigenvalue weighted by Gasteiger charge is 2.31. The van der Waals surface area contributed by atoms with Gasteiger partial charge in [0.05, 0.1) is 11.3 Å². The molecule has 4 rings (SSSR count). The van der Waals surface area contributed by atoms with E-state index < -0.39 is 5.91 Å². The monoisotopic (exact) mass is 385 g/mol. The minimum Gasteiger partial charge on any atom is -0.483 e. The number of ether oxygens (including phenoxy) is 1. The van der Waals surface area contributed by atoms with Gasteiger partial charge in [0.2, 0.25) is 0 Å². The molecule has 1 N–H and O–H groups in total. The quantitative estimate of drug-likeness (QED) is 0.574. The third kappa shape index (κ3) is 3.31. The zero-order valence-corrected chi connectivity index (χ0v) is 16.1. The molecule has 1 aliphatic carbocycles. The second-order valence-electron chi connectivity index (χ2n) is 6.99. The second kappa shape index (κ2) is 7.36. The lowest BCUT2D eigenvalue weighted by atomic mass is 9.83. The van der Waals surface area contributed by atoms with Crippen LogP contribution in [0.15, 0.2) is 60.7 Å². The summed E-state index contributed by atoms with van der Waals surface area (Å²) in [6, 6.07) is 17.3. The Balaban J connectivity index is 1.59. The van der Waals surface area contributed by atoms with E-state index in [4.69, 9.17) is 4.74 Å². The summed E-state index contributed by atoms with van der Waals surface area (Å²) in [6.45, 7) is 3.62. The first-order chi connectivity index (χ1) is 14.0. The van der Waals surface area contributed by atoms with Crippen molar-refractivity contribution in [3.8, 4) is 5.75 Å². The number of carbonyl (C=O) groups is 3. The maximum Gasteiger partial charge on any atom is 0.262 e. The predicted octanol–water partition coefficient (Wildman–Crippen LogP) is 4.10. The fraction of sp³-hybridized carbons (Fsp3) is 0.125. The van der Waals surface area contributed by atoms with Crippen molar-refractivity contribution in [2.24, 2.45) is 0 Å². The standard InChI is InChI=1S/C24H19NO4/c1-14-7-5-8-15(2)24(14)29-13-20(26)25-19-12-6-11-18-21(19)23(28)17-10-4-3-9-16(17)22(18)27/h3-12H,13H2,1-2H3,(H,25,26). The Labute approximate surface area is 168 Å². The molecule has 0 heterocycles. The van der Waals surface area contributed by atoms with E-state index in [9.17, 15) is 14.4 Å². The molecular weight excluding hydrogens is 366 g/mol. The van der Waals surface area contributed by atoms with Crippen molar-refractivity contribution >= 4 is 23.2 Å². The first kappa shape index (κ1) is 18.6. The number of para-hydroxylation sites is 1. The van der Waals surface area contributed by atoms with Crippen LogP contribution in [0, 0.1) is 13.8 Å². The van der Waals surface area contributed by atoms with Crippen LogP contribution in [0.1, 0.15) is 43.0 Å². The lowest BCUT2D eigenvalue weighted by molar-refractivity contribution is -0.118. The smallest absolute Gasteiger partial charge is 0.262 e. The number of amides is 1. The number of hydrogen-bond donors (Lipinski definition) is 1. The normalized spacial score (nSPS) is 12.2. The van der Waals surface area contributed by atoms with Crippen LogP contribution in [0.3, 0.4) is 0 Å². The molecule has 0 atom stereocenters. The van der Waals surface area contributed by atoms with Crippen molar-refractivity contribution in [3.05, 3.63) is 94.0 Å². The molecule has 1 aliphatic rings. The highest BCUT2D eigenvalue weighted by Crippen LogP contribution is 2.32. The maximum atomic E-state index is 13.0. The highest BCUT2D eigenvalue weighted by molar-refractivity contribution is 6.30. The number of nitrogens with one attached hydrogen (secondary N) is 1. The molecule has 0 saturated heterocycles. The Bertz CT molecular complexity index is 1140. The van der Waals surface area contributed by atoms with Gasteiger partial charge in [-0.1, -0.05) is 54.6 Å². The van der Waals surface area contributed by atoms with Crippen molar-refractivity contribution in [1.82, 2.24) is 0 Å². The minimum absolute atomic E-state index is 0.200. The molecule has 0 aliphatic heterocycles. The minimum atomic E-state index is -0.403. The van der Waals surface area contributed by atoms with Crippen LogP contribution in [0.2, 0.25) is 0 Å². The molecule has 3 aromatic rings. The fourth-order valence-corrected chi connectivity index (χ4v) is 3.60. The molecule has 0 radical (unpaired) electrons. The molecule has 0 saturated carbocycles. The number of hydrogen-bond acceptors (Lipinski definition) is 4. The Kier molecular flexibility index (Phi) is 4.72. The fourth-order valence-electron chi connectivity index (χ4n) is 3.60. The number of aryl methyl sites for hydroxylation is 2. The van der Waals surface area contributed by atoms with Crippen LogP contribution in [-0.2, 0) is 4.79 Å². The zero-order chi connectivity index (χ0) is 20.5. The van der Waals surface area contributed by atoms with E-state index in [-0.39, 0.29) is 23.7 Å². The van der Waals surface area contributed by atoms with Gasteiger partial charge in [0.1, 0.15) is 5.75 Å². The first-order valence-electron chi connectivity index (χ1n) is 9.27. The van der Waals surface area contributed by atoms with Gasteiger partial charge >= 0.3 is 0 Å². The summed E-state index contributed by atoms with van der Waals surface area (Å²) in [4.78, 5) is 38.3. The summed E-state index contributed by atoms with van der Waals surface area (Å²) >= 11 is 0. The third-order valence-electron chi connectivity index (χ3n) is 4.98. The van der Waals surface area contributed by atoms with Crippen LogP contribution in [0.5, 0.6) is 5.75 Å². The van der Waals surface area contributed by atoms with Crippen LogP contribution >= 0.6 is 0 Å². The molecule has 3 aromatic carbocycles. The molecule has 0 spiro atoms. The van der Waals surface area contributed by atoms with E-state index in [2.05, 4.69) is 5.32 Å². The zero-order valence-electron chi connectivity index (χ0n) is 16.1. The Morgan fingerprint density at radius 3 is 2.07 bits per heavy atom. The molecule has 0 aromatic heterocycles. The average Bonchev–Trinajstić information content (AvgIpc) is 2.71. The molecule has 0 fully saturated rings. The van der Waals surface area contributed by atoms with Gasteiger partial charge in [-0.3, -0.25) is 14.4 Å². The first-order valence-corrected chi connectivity index (χ1v) is 9.27. The Hall–Kier alpha value is -3.73. The summed E-state index contributed by atoms with van der Waals surface area (Å²) in [5.41, 5.74) is 3.43. The molecule has 1 amide bonds. The van der Waals surface area contributed by atoms with Crippen molar-refractivity contribution < 1.29 is 19.1 Å². The van der Waals surface area contributed by atoms with E-state index in [1.165, 1.54) is 0 Å². The van der Waals surface area contributed by atoms with Gasteiger partial charge in [-0.15, -0.1) is 0 Å². The molecule has 29 heavy (non-hydrogen) atoms. The van der Waals surface area contributed by atoms with Crippen molar-refractivity contribution in [2.75, 3.05) is 11.9 Å². The van der Waals surface area contributed by atoms with Crippen LogP contribution in [0.4, 0.5) is 5.69 Å². The summed E-state index contributed by atoms with van der Waals surface area (Å²) in [5.74, 6) is -0.238. The van der Waals surface area contributed by atoms with Gasteiger partial charge in [0.25, 0.3) is 5.91 Å². The third-order valence-corrected chi connectivity index (χ3v) is 4.98. The summed E-state index contributed by atoms with van der Waals surface area (Å²) in [7, 11) is 0. The lowest BCUT2D eigenvalue weighted by Crippen LogP contribution is -2.26. The average molecular weight is 385 g/mol. The Morgan fingerprint density at radius 1 is 0.793 bits per heavy atom. The number of carbonyl (C=O) groups excluding carboxylic acids is 3. The van der Waals surface area contributed by atoms with Gasteiger partial charge in [0, 0.05) is 16.7 Å². The molecule has 144 valence electrons. The number of rotatable bonds is 4. The maximum absolute atomic E-state index is 13.0. The van der Waals surface area contributed by atoms with Gasteiger partial charge in [-0.25, -0.2) is 0 Å². The summed E-state index contributed by atoms with van der Waals surface area (Å²) < 4.78 is 5.69. The van der Waals surface area contributed by atoms with E-state index in [1.54, 1.807) is 42.5 Å². The summed E-state index contributed by atoms with van der Waals surface area (Å²) in [5, 5.41) is 2.72. The molecule has 0 bridgehead atoms. The van der Waals surface area contributed by atoms with Gasteiger partial charge in [0.15, 0.2) is 18.2 Å². The molecule has 5 heteroatoms. The van der Waals surface area contributed by atoms with E-state index in [0.29, 0.717) is 28.1 Å². The number of fused-ring (bicyclic) bond motifs is 2. The second-order valence-corrected chi connectivity index (χ2v) is 6.99. The van der Waals surface area contributed by atoms with E-state index in [1.807, 2.05) is 32.0 Å². The van der Waals surface area contributed by atoms with E-state index in [0.717, 1.165) is 11.1 Å². The van der Waals surface area contributed by atoms with Crippen molar-refractivity contribution in [2.45, 2.75) is 13.8 Å². The SMILES string of the molecule is Cc1cccc(C)c1OCC(=O)Nc1cccc2c1C(=O)c1ccccc1C2=O. The number of ketones is 2. The van der Waals surface area contributed by atoms with Crippen LogP contribution < -0.4 is 10.1 Å². The Morgan fingerprint density at radius 2 is 1.38 bits per heavy atom. The topological polar surface area (TPSA) is 72.5 Å². The van der Waals surface area contributed by atoms with Gasteiger partial charge in [-0.2, -0.15) is 0 Å². The van der Waals surface area contributed by atoms with Crippen molar-refractivity contribution in [1.29, 1.82) is 0 Å². The van der Waals surface area contributed by atoms with E-state index >= 15 is 0 Å².